The van der Waals surface area contributed by atoms with E-state index < -0.39 is 5.92 Å². The fourth-order valence-corrected chi connectivity index (χ4v) is 6.90. The number of halogens is 1. The van der Waals surface area contributed by atoms with Crippen molar-refractivity contribution in [3.63, 3.8) is 0 Å². The van der Waals surface area contributed by atoms with Crippen molar-refractivity contribution in [1.82, 2.24) is 15.2 Å². The zero-order chi connectivity index (χ0) is 28.6. The lowest BCUT2D eigenvalue weighted by atomic mass is 9.68. The predicted octanol–water partition coefficient (Wildman–Crippen LogP) is 5.57. The Labute approximate surface area is 245 Å². The molecule has 204 valence electrons. The zero-order valence-electron chi connectivity index (χ0n) is 22.1. The molecule has 1 aliphatic carbocycles. The molecule has 0 saturated carbocycles. The van der Waals surface area contributed by atoms with Gasteiger partial charge in [0.05, 0.1) is 29.0 Å². The van der Waals surface area contributed by atoms with Crippen LogP contribution in [0.2, 0.25) is 5.15 Å². The van der Waals surface area contributed by atoms with E-state index in [1.165, 1.54) is 23.1 Å². The lowest BCUT2D eigenvalue weighted by Gasteiger charge is -2.42. The van der Waals surface area contributed by atoms with Gasteiger partial charge in [0.1, 0.15) is 5.82 Å². The summed E-state index contributed by atoms with van der Waals surface area (Å²) < 4.78 is 0.540. The van der Waals surface area contributed by atoms with Gasteiger partial charge in [-0.1, -0.05) is 78.4 Å². The number of anilines is 2. The monoisotopic (exact) mass is 591 g/mol. The molecule has 0 radical (unpaired) electrons. The van der Waals surface area contributed by atoms with E-state index in [2.05, 4.69) is 26.6 Å². The topological polar surface area (TPSA) is 138 Å². The number of carbonyl (C=O) groups excluding carboxylic acids is 2. The molecule has 1 amide bonds. The summed E-state index contributed by atoms with van der Waals surface area (Å²) >= 11 is 8.49. The lowest BCUT2D eigenvalue weighted by Crippen LogP contribution is -2.42. The Morgan fingerprint density at radius 2 is 2.10 bits per heavy atom. The quantitative estimate of drug-likeness (QED) is 0.278. The van der Waals surface area contributed by atoms with Crippen molar-refractivity contribution in [3.8, 4) is 6.07 Å². The molecule has 3 aromatic rings. The first kappa shape index (κ1) is 27.8. The number of amides is 1. The summed E-state index contributed by atoms with van der Waals surface area (Å²) in [4.78, 5) is 31.8. The van der Waals surface area contributed by atoms with Crippen LogP contribution in [0.25, 0.3) is 0 Å². The van der Waals surface area contributed by atoms with Crippen molar-refractivity contribution in [2.45, 2.75) is 43.9 Å². The number of hydrogen-bond acceptors (Lipinski definition) is 10. The van der Waals surface area contributed by atoms with Crippen molar-refractivity contribution in [2.75, 3.05) is 16.0 Å². The smallest absolute Gasteiger partial charge is 0.234 e. The molecule has 0 bridgehead atoms. The second kappa shape index (κ2) is 11.0. The molecule has 9 nitrogen and oxygen atoms in total. The number of carbonyl (C=O) groups is 2. The Hall–Kier alpha value is -3.72. The minimum absolute atomic E-state index is 0.00662. The molecule has 5 rings (SSSR count). The summed E-state index contributed by atoms with van der Waals surface area (Å²) in [5.41, 5.74) is 10.3. The molecule has 12 heteroatoms. The first-order valence-corrected chi connectivity index (χ1v) is 14.7. The summed E-state index contributed by atoms with van der Waals surface area (Å²) in [6.45, 7) is 6.07. The number of nitrogens with two attached hydrogens (primary N) is 1. The fourth-order valence-electron chi connectivity index (χ4n) is 5.05. The number of pyridine rings is 1. The Morgan fingerprint density at radius 3 is 2.83 bits per heavy atom. The number of hydrogen-bond donors (Lipinski definition) is 2. The molecule has 1 unspecified atom stereocenters. The molecule has 0 spiro atoms. The van der Waals surface area contributed by atoms with Crippen LogP contribution < -0.4 is 16.0 Å². The second-order valence-corrected chi connectivity index (χ2v) is 13.0. The summed E-state index contributed by atoms with van der Waals surface area (Å²) in [5.74, 6) is -0.525. The largest absolute Gasteiger partial charge is 0.384 e. The number of aromatic nitrogens is 3. The van der Waals surface area contributed by atoms with Crippen LogP contribution in [0.3, 0.4) is 0 Å². The average Bonchev–Trinajstić information content (AvgIpc) is 3.36. The molecule has 40 heavy (non-hydrogen) atoms. The van der Waals surface area contributed by atoms with Gasteiger partial charge < -0.3 is 11.1 Å². The number of thioether (sulfide) groups is 1. The number of ketones is 1. The van der Waals surface area contributed by atoms with E-state index >= 15 is 0 Å². The van der Waals surface area contributed by atoms with Crippen LogP contribution in [0.4, 0.5) is 10.8 Å². The van der Waals surface area contributed by atoms with Crippen LogP contribution in [-0.2, 0) is 9.59 Å². The second-order valence-electron chi connectivity index (χ2n) is 10.4. The minimum Gasteiger partial charge on any atom is -0.384 e. The number of nitrogens with one attached hydrogen (secondary N) is 1. The SMILES string of the molecule is Cc1cccc(C2C(C#N)=C(N)N(c3nnc(SCC(=O)Nc4cccnc4Cl)s3)C3=C2C(=O)CC(C)(C)C3)c1. The van der Waals surface area contributed by atoms with Crippen LogP contribution >= 0.6 is 34.7 Å². The first-order chi connectivity index (χ1) is 19.1. The highest BCUT2D eigenvalue weighted by Gasteiger charge is 2.45. The molecule has 2 aliphatic rings. The summed E-state index contributed by atoms with van der Waals surface area (Å²) in [6, 6.07) is 13.5. The molecule has 1 aliphatic heterocycles. The molecular weight excluding hydrogens is 566 g/mol. The maximum Gasteiger partial charge on any atom is 0.234 e. The van der Waals surface area contributed by atoms with Gasteiger partial charge in [-0.25, -0.2) is 4.98 Å². The Kier molecular flexibility index (Phi) is 7.68. The van der Waals surface area contributed by atoms with E-state index in [-0.39, 0.29) is 33.8 Å². The van der Waals surface area contributed by atoms with Gasteiger partial charge in [-0.2, -0.15) is 5.26 Å². The van der Waals surface area contributed by atoms with Crippen molar-refractivity contribution < 1.29 is 9.59 Å². The van der Waals surface area contributed by atoms with Crippen molar-refractivity contribution in [2.24, 2.45) is 11.1 Å². The molecule has 2 aromatic heterocycles. The first-order valence-electron chi connectivity index (χ1n) is 12.5. The van der Waals surface area contributed by atoms with Gasteiger partial charge in [-0.3, -0.25) is 14.5 Å². The van der Waals surface area contributed by atoms with Crippen molar-refractivity contribution in [3.05, 3.63) is 81.5 Å². The van der Waals surface area contributed by atoms with Gasteiger partial charge in [-0.15, -0.1) is 10.2 Å². The third-order valence-corrected chi connectivity index (χ3v) is 9.05. The third-order valence-electron chi connectivity index (χ3n) is 6.70. The number of rotatable bonds is 6. The molecule has 1 atom stereocenters. The number of Topliss-reactive ketones (excluding diaryl/α,β-unsaturated/α-hetero) is 1. The molecule has 1 aromatic carbocycles. The Bertz CT molecular complexity index is 1620. The predicted molar refractivity (Wildman–Crippen MR) is 157 cm³/mol. The number of nitriles is 1. The van der Waals surface area contributed by atoms with Crippen molar-refractivity contribution >= 4 is 57.2 Å². The van der Waals surface area contributed by atoms with Crippen LogP contribution in [0.15, 0.2) is 69.6 Å². The Morgan fingerprint density at radius 1 is 1.30 bits per heavy atom. The van der Waals surface area contributed by atoms with E-state index in [9.17, 15) is 14.9 Å². The van der Waals surface area contributed by atoms with Crippen LogP contribution in [0.1, 0.15) is 43.7 Å². The maximum absolute atomic E-state index is 13.7. The van der Waals surface area contributed by atoms with E-state index in [1.807, 2.05) is 45.0 Å². The van der Waals surface area contributed by atoms with Gasteiger partial charge in [0, 0.05) is 23.9 Å². The Balaban J connectivity index is 1.47. The van der Waals surface area contributed by atoms with E-state index in [0.717, 1.165) is 16.8 Å². The van der Waals surface area contributed by atoms with Gasteiger partial charge in [0.25, 0.3) is 0 Å². The number of aryl methyl sites for hydroxylation is 1. The minimum atomic E-state index is -0.551. The number of nitrogens with zero attached hydrogens (tertiary/aromatic N) is 5. The summed E-state index contributed by atoms with van der Waals surface area (Å²) in [7, 11) is 0. The third kappa shape index (κ3) is 5.47. The standard InChI is InChI=1S/C28H26ClN7O2S2/c1-15-6-4-7-16(10-15)22-17(13-30)25(31)36(19-11-28(2,3)12-20(37)23(19)22)26-34-35-27(40-26)39-14-21(38)33-18-8-5-9-32-24(18)29/h4-10,22H,11-12,14,31H2,1-3H3,(H,33,38). The van der Waals surface area contributed by atoms with E-state index in [1.54, 1.807) is 23.2 Å². The van der Waals surface area contributed by atoms with Gasteiger partial charge in [0.2, 0.25) is 11.0 Å². The normalized spacial score (nSPS) is 18.4. The maximum atomic E-state index is 13.7. The molecule has 0 fully saturated rings. The highest BCUT2D eigenvalue weighted by Crippen LogP contribution is 2.50. The van der Waals surface area contributed by atoms with Crippen LogP contribution in [-0.4, -0.2) is 32.6 Å². The highest BCUT2D eigenvalue weighted by molar-refractivity contribution is 8.01. The number of allylic oxidation sites excluding steroid dienone is 3. The zero-order valence-corrected chi connectivity index (χ0v) is 24.5. The molecule has 3 heterocycles. The summed E-state index contributed by atoms with van der Waals surface area (Å²) in [6.07, 6.45) is 2.49. The fraction of sp³-hybridized carbons (Fsp3) is 0.286. The number of benzene rings is 1. The van der Waals surface area contributed by atoms with Crippen molar-refractivity contribution in [1.29, 1.82) is 5.26 Å². The van der Waals surface area contributed by atoms with Gasteiger partial charge in [0.15, 0.2) is 15.3 Å². The van der Waals surface area contributed by atoms with Gasteiger partial charge in [-0.05, 0) is 36.5 Å². The molecule has 3 N–H and O–H groups in total. The highest BCUT2D eigenvalue weighted by atomic mass is 35.5. The molecule has 0 saturated heterocycles. The van der Waals surface area contributed by atoms with E-state index in [0.29, 0.717) is 39.1 Å². The van der Waals surface area contributed by atoms with Crippen LogP contribution in [0, 0.1) is 23.7 Å². The molecular formula is C28H26ClN7O2S2. The summed E-state index contributed by atoms with van der Waals surface area (Å²) in [5, 5.41) is 22.2. The van der Waals surface area contributed by atoms with Crippen LogP contribution in [0.5, 0.6) is 0 Å². The van der Waals surface area contributed by atoms with E-state index in [4.69, 9.17) is 17.3 Å². The van der Waals surface area contributed by atoms with Gasteiger partial charge >= 0.3 is 0 Å². The lowest BCUT2D eigenvalue weighted by molar-refractivity contribution is -0.118. The average molecular weight is 592 g/mol.